The molecule has 1 amide bonds. The Kier molecular flexibility index (Phi) is 43.5. The molecule has 0 fully saturated rings. The van der Waals surface area contributed by atoms with Crippen molar-refractivity contribution in [3.8, 4) is 0 Å². The average molecular weight is 884 g/mol. The third kappa shape index (κ3) is 46.8. The molecule has 3 atom stereocenters. The number of nitrogens with zero attached hydrogens (tertiary/aromatic N) is 1. The molecule has 0 aromatic carbocycles. The third-order valence-electron chi connectivity index (χ3n) is 11.9. The lowest BCUT2D eigenvalue weighted by molar-refractivity contribution is -0.870. The molecule has 9 heteroatoms. The lowest BCUT2D eigenvalue weighted by Gasteiger charge is -2.25. The van der Waals surface area contributed by atoms with Gasteiger partial charge in [-0.1, -0.05) is 224 Å². The summed E-state index contributed by atoms with van der Waals surface area (Å²) in [5.41, 5.74) is 0. The van der Waals surface area contributed by atoms with E-state index in [1.807, 2.05) is 27.2 Å². The summed E-state index contributed by atoms with van der Waals surface area (Å²) in [6.45, 7) is 4.83. The van der Waals surface area contributed by atoms with Crippen LogP contribution < -0.4 is 5.32 Å². The topological polar surface area (TPSA) is 105 Å². The highest BCUT2D eigenvalue weighted by Crippen LogP contribution is 2.43. The van der Waals surface area contributed by atoms with Crippen molar-refractivity contribution >= 4 is 13.7 Å². The number of hydrogen-bond acceptors (Lipinski definition) is 5. The molecule has 0 aromatic heterocycles. The first kappa shape index (κ1) is 60.0. The van der Waals surface area contributed by atoms with Crippen LogP contribution in [0.3, 0.4) is 0 Å². The molecule has 0 aliphatic carbocycles. The number of phosphoric acid groups is 1. The number of phosphoric ester groups is 1. The van der Waals surface area contributed by atoms with Crippen LogP contribution >= 0.6 is 7.82 Å². The van der Waals surface area contributed by atoms with Gasteiger partial charge in [-0.05, 0) is 44.9 Å². The SMILES string of the molecule is CCCCCCCCCC/C=C\CCCCCCCCCCCCCCCC(=O)NC(COP(=O)(O)OCC[N+](C)(C)C)C(O)/C=C/CCCCCCCCCCCCCC. The van der Waals surface area contributed by atoms with E-state index in [2.05, 4.69) is 31.3 Å². The molecule has 0 aliphatic heterocycles. The summed E-state index contributed by atoms with van der Waals surface area (Å²) in [5, 5.41) is 13.9. The van der Waals surface area contributed by atoms with Crippen LogP contribution in [0.4, 0.5) is 0 Å². The van der Waals surface area contributed by atoms with E-state index in [0.717, 1.165) is 38.5 Å². The number of aliphatic hydroxyl groups is 1. The van der Waals surface area contributed by atoms with Gasteiger partial charge in [0.05, 0.1) is 39.9 Å². The summed E-state index contributed by atoms with van der Waals surface area (Å²) in [6, 6.07) is -0.843. The molecule has 0 aromatic rings. The minimum atomic E-state index is -4.34. The van der Waals surface area contributed by atoms with Gasteiger partial charge in [-0.2, -0.15) is 0 Å². The molecule has 0 heterocycles. The predicted molar refractivity (Wildman–Crippen MR) is 263 cm³/mol. The van der Waals surface area contributed by atoms with Crippen molar-refractivity contribution in [1.29, 1.82) is 0 Å². The van der Waals surface area contributed by atoms with Crippen LogP contribution in [0.15, 0.2) is 24.3 Å². The van der Waals surface area contributed by atoms with E-state index in [-0.39, 0.29) is 19.1 Å². The molecule has 3 unspecified atom stereocenters. The van der Waals surface area contributed by atoms with Crippen LogP contribution in [-0.2, 0) is 18.4 Å². The Morgan fingerprint density at radius 2 is 0.885 bits per heavy atom. The standard InChI is InChI=1S/C52H103N2O6P/c1-6-8-10-12-14-16-18-20-22-23-24-25-26-27-28-29-30-31-32-34-36-38-40-42-44-46-52(56)53-50(49-60-61(57,58)59-48-47-54(3,4)5)51(55)45-43-41-39-37-35-33-21-19-17-15-13-11-9-7-2/h23-24,43,45,50-51,55H,6-22,25-42,44,46-49H2,1-5H3,(H-,53,56,57,58)/p+1/b24-23-,45-43+. The summed E-state index contributed by atoms with van der Waals surface area (Å²) in [4.78, 5) is 23.2. The Morgan fingerprint density at radius 3 is 1.26 bits per heavy atom. The first-order valence-corrected chi connectivity index (χ1v) is 27.7. The largest absolute Gasteiger partial charge is 0.472 e. The van der Waals surface area contributed by atoms with Crippen LogP contribution in [0, 0.1) is 0 Å². The molecule has 362 valence electrons. The number of nitrogens with one attached hydrogen (secondary N) is 1. The van der Waals surface area contributed by atoms with Gasteiger partial charge < -0.3 is 19.8 Å². The molecule has 0 radical (unpaired) electrons. The van der Waals surface area contributed by atoms with E-state index >= 15 is 0 Å². The molecule has 0 rings (SSSR count). The molecule has 3 N–H and O–H groups in total. The molecule has 0 bridgehead atoms. The number of amides is 1. The summed E-state index contributed by atoms with van der Waals surface area (Å²) < 4.78 is 23.6. The molecule has 0 saturated heterocycles. The monoisotopic (exact) mass is 884 g/mol. The second-order valence-corrected chi connectivity index (χ2v) is 20.7. The Balaban J connectivity index is 4.19. The Hall–Kier alpha value is -1.02. The van der Waals surface area contributed by atoms with Gasteiger partial charge in [0.2, 0.25) is 5.91 Å². The highest BCUT2D eigenvalue weighted by Gasteiger charge is 2.27. The molecule has 0 spiro atoms. The first-order valence-electron chi connectivity index (χ1n) is 26.2. The lowest BCUT2D eigenvalue weighted by atomic mass is 10.0. The fourth-order valence-electron chi connectivity index (χ4n) is 7.74. The van der Waals surface area contributed by atoms with Gasteiger partial charge in [0.1, 0.15) is 13.2 Å². The van der Waals surface area contributed by atoms with Crippen molar-refractivity contribution < 1.29 is 32.9 Å². The zero-order valence-corrected chi connectivity index (χ0v) is 42.1. The van der Waals surface area contributed by atoms with Gasteiger partial charge in [0.15, 0.2) is 0 Å². The fourth-order valence-corrected chi connectivity index (χ4v) is 8.48. The van der Waals surface area contributed by atoms with Crippen molar-refractivity contribution in [3.63, 3.8) is 0 Å². The maximum Gasteiger partial charge on any atom is 0.472 e. The van der Waals surface area contributed by atoms with Gasteiger partial charge in [0.25, 0.3) is 0 Å². The smallest absolute Gasteiger partial charge is 0.387 e. The first-order chi connectivity index (χ1) is 29.5. The number of aliphatic hydroxyl groups excluding tert-OH is 1. The fraction of sp³-hybridized carbons (Fsp3) is 0.904. The van der Waals surface area contributed by atoms with E-state index in [4.69, 9.17) is 9.05 Å². The second kappa shape index (κ2) is 44.2. The second-order valence-electron chi connectivity index (χ2n) is 19.3. The van der Waals surface area contributed by atoms with Gasteiger partial charge >= 0.3 is 7.82 Å². The van der Waals surface area contributed by atoms with Gasteiger partial charge in [-0.25, -0.2) is 4.57 Å². The third-order valence-corrected chi connectivity index (χ3v) is 12.9. The molecule has 8 nitrogen and oxygen atoms in total. The van der Waals surface area contributed by atoms with E-state index < -0.39 is 20.0 Å². The minimum Gasteiger partial charge on any atom is -0.387 e. The number of allylic oxidation sites excluding steroid dienone is 3. The van der Waals surface area contributed by atoms with Gasteiger partial charge in [0, 0.05) is 6.42 Å². The minimum absolute atomic E-state index is 0.0632. The zero-order valence-electron chi connectivity index (χ0n) is 41.2. The number of rotatable bonds is 48. The van der Waals surface area contributed by atoms with Gasteiger partial charge in [-0.3, -0.25) is 13.8 Å². The van der Waals surface area contributed by atoms with Crippen LogP contribution in [0.1, 0.15) is 251 Å². The van der Waals surface area contributed by atoms with E-state index in [9.17, 15) is 19.4 Å². The van der Waals surface area contributed by atoms with Crippen molar-refractivity contribution in [2.75, 3.05) is 40.9 Å². The predicted octanol–water partition coefficient (Wildman–Crippen LogP) is 15.3. The van der Waals surface area contributed by atoms with Crippen molar-refractivity contribution in [2.45, 2.75) is 264 Å². The number of hydrogen-bond donors (Lipinski definition) is 3. The van der Waals surface area contributed by atoms with Crippen LogP contribution in [-0.4, -0.2) is 73.4 Å². The number of quaternary nitrogens is 1. The maximum absolute atomic E-state index is 12.9. The normalized spacial score (nSPS) is 14.3. The Labute approximate surface area is 379 Å². The maximum atomic E-state index is 12.9. The van der Waals surface area contributed by atoms with Crippen LogP contribution in [0.25, 0.3) is 0 Å². The Morgan fingerprint density at radius 1 is 0.541 bits per heavy atom. The Bertz CT molecular complexity index is 1050. The number of unbranched alkanes of at least 4 members (excludes halogenated alkanes) is 33. The number of carbonyl (C=O) groups excluding carboxylic acids is 1. The van der Waals surface area contributed by atoms with E-state index in [1.54, 1.807) is 6.08 Å². The molecule has 0 saturated carbocycles. The van der Waals surface area contributed by atoms with Crippen molar-refractivity contribution in [2.24, 2.45) is 0 Å². The highest BCUT2D eigenvalue weighted by molar-refractivity contribution is 7.47. The van der Waals surface area contributed by atoms with Crippen molar-refractivity contribution in [3.05, 3.63) is 24.3 Å². The average Bonchev–Trinajstić information content (AvgIpc) is 3.21. The van der Waals surface area contributed by atoms with Crippen molar-refractivity contribution in [1.82, 2.24) is 5.32 Å². The van der Waals surface area contributed by atoms with Gasteiger partial charge in [-0.15, -0.1) is 0 Å². The molecule has 0 aliphatic rings. The molecule has 61 heavy (non-hydrogen) atoms. The van der Waals surface area contributed by atoms with Crippen LogP contribution in [0.2, 0.25) is 0 Å². The van der Waals surface area contributed by atoms with E-state index in [1.165, 1.54) is 193 Å². The highest BCUT2D eigenvalue weighted by atomic mass is 31.2. The molecular formula is C52H104N2O6P+. The summed E-state index contributed by atoms with van der Waals surface area (Å²) in [7, 11) is 1.58. The summed E-state index contributed by atoms with van der Waals surface area (Å²) in [5.74, 6) is -0.175. The summed E-state index contributed by atoms with van der Waals surface area (Å²) in [6.07, 6.45) is 54.0. The zero-order chi connectivity index (χ0) is 45.0. The van der Waals surface area contributed by atoms with Crippen LogP contribution in [0.5, 0.6) is 0 Å². The van der Waals surface area contributed by atoms with E-state index in [0.29, 0.717) is 17.4 Å². The number of carbonyl (C=O) groups is 1. The number of likely N-dealkylation sites (N-methyl/N-ethyl adjacent to an activating group) is 1. The lowest BCUT2D eigenvalue weighted by Crippen LogP contribution is -2.45. The molecular weight excluding hydrogens is 780 g/mol. The quantitative estimate of drug-likeness (QED) is 0.0243. The summed E-state index contributed by atoms with van der Waals surface area (Å²) >= 11 is 0.